The van der Waals surface area contributed by atoms with E-state index >= 15 is 0 Å². The summed E-state index contributed by atoms with van der Waals surface area (Å²) in [5.41, 5.74) is 7.85. The number of rotatable bonds is 2. The van der Waals surface area contributed by atoms with Gasteiger partial charge < -0.3 is 10.5 Å². The van der Waals surface area contributed by atoms with E-state index in [4.69, 9.17) is 15.7 Å². The third kappa shape index (κ3) is 2.39. The van der Waals surface area contributed by atoms with E-state index in [9.17, 15) is 4.79 Å². The van der Waals surface area contributed by atoms with E-state index < -0.39 is 6.09 Å². The summed E-state index contributed by atoms with van der Waals surface area (Å²) in [4.78, 5) is 10.6. The van der Waals surface area contributed by atoms with Crippen molar-refractivity contribution in [2.24, 2.45) is 5.73 Å². The van der Waals surface area contributed by atoms with Crippen molar-refractivity contribution in [3.05, 3.63) is 34.9 Å². The molecule has 0 aliphatic heterocycles. The first kappa shape index (κ1) is 11.5. The van der Waals surface area contributed by atoms with Crippen LogP contribution in [0.3, 0.4) is 0 Å². The number of nitrogens with two attached hydrogens (primary N) is 1. The lowest BCUT2D eigenvalue weighted by molar-refractivity contribution is 0.0454. The molecule has 1 fully saturated rings. The monoisotopic (exact) mass is 230 g/mol. The number of ether oxygens (including phenoxy) is 1. The maximum absolute atomic E-state index is 10.6. The van der Waals surface area contributed by atoms with E-state index in [1.165, 1.54) is 0 Å². The van der Waals surface area contributed by atoms with Crippen molar-refractivity contribution in [2.45, 2.75) is 31.8 Å². The Morgan fingerprint density at radius 1 is 1.53 bits per heavy atom. The van der Waals surface area contributed by atoms with Gasteiger partial charge in [0.2, 0.25) is 0 Å². The Morgan fingerprint density at radius 2 is 2.24 bits per heavy atom. The van der Waals surface area contributed by atoms with Crippen LogP contribution in [0.4, 0.5) is 4.79 Å². The molecule has 0 unspecified atom stereocenters. The lowest BCUT2D eigenvalue weighted by Crippen LogP contribution is -2.34. The molecule has 0 spiro atoms. The Kier molecular flexibility index (Phi) is 3.01. The lowest BCUT2D eigenvalue weighted by Gasteiger charge is -2.35. The van der Waals surface area contributed by atoms with Gasteiger partial charge in [0, 0.05) is 0 Å². The Balaban J connectivity index is 2.08. The number of hydrogen-bond acceptors (Lipinski definition) is 3. The largest absolute Gasteiger partial charge is 0.446 e. The van der Waals surface area contributed by atoms with Crippen molar-refractivity contribution in [3.8, 4) is 6.07 Å². The van der Waals surface area contributed by atoms with Crippen molar-refractivity contribution in [3.63, 3.8) is 0 Å². The van der Waals surface area contributed by atoms with Crippen molar-refractivity contribution in [1.29, 1.82) is 5.26 Å². The van der Waals surface area contributed by atoms with Crippen LogP contribution in [0, 0.1) is 18.3 Å². The molecule has 0 heterocycles. The number of aryl methyl sites for hydroxylation is 1. The molecule has 2 rings (SSSR count). The Labute approximate surface area is 100.0 Å². The first-order chi connectivity index (χ1) is 8.10. The van der Waals surface area contributed by atoms with Gasteiger partial charge in [0.25, 0.3) is 0 Å². The van der Waals surface area contributed by atoms with Gasteiger partial charge >= 0.3 is 6.09 Å². The molecule has 2 N–H and O–H groups in total. The van der Waals surface area contributed by atoms with Crippen LogP contribution >= 0.6 is 0 Å². The summed E-state index contributed by atoms with van der Waals surface area (Å²) >= 11 is 0. The van der Waals surface area contributed by atoms with E-state index in [1.54, 1.807) is 0 Å². The molecule has 1 aromatic rings. The van der Waals surface area contributed by atoms with Gasteiger partial charge in [-0.1, -0.05) is 17.7 Å². The minimum atomic E-state index is -0.724. The minimum absolute atomic E-state index is 0.0930. The van der Waals surface area contributed by atoms with E-state index in [0.29, 0.717) is 11.5 Å². The smallest absolute Gasteiger partial charge is 0.404 e. The number of carbonyl (C=O) groups is 1. The van der Waals surface area contributed by atoms with Gasteiger partial charge in [0.15, 0.2) is 0 Å². The number of hydrogen-bond donors (Lipinski definition) is 1. The lowest BCUT2D eigenvalue weighted by atomic mass is 9.75. The molecular weight excluding hydrogens is 216 g/mol. The molecule has 0 radical (unpaired) electrons. The normalized spacial score (nSPS) is 22.4. The Hall–Kier alpha value is -2.02. The van der Waals surface area contributed by atoms with Crippen molar-refractivity contribution in [2.75, 3.05) is 0 Å². The predicted molar refractivity (Wildman–Crippen MR) is 62.3 cm³/mol. The van der Waals surface area contributed by atoms with Gasteiger partial charge in [-0.25, -0.2) is 4.79 Å². The maximum atomic E-state index is 10.6. The Bertz CT molecular complexity index is 485. The zero-order valence-electron chi connectivity index (χ0n) is 9.64. The molecule has 0 bridgehead atoms. The van der Waals surface area contributed by atoms with Crippen LogP contribution in [0.25, 0.3) is 0 Å². The molecule has 0 saturated heterocycles. The standard InChI is InChI=1S/C13H14N2O2/c1-8-2-3-9(7-14)12(4-8)10-5-11(6-10)17-13(15)16/h2-4,10-11H,5-6H2,1H3,(H2,15,16). The second kappa shape index (κ2) is 4.46. The van der Waals surface area contributed by atoms with Crippen LogP contribution in [-0.2, 0) is 4.74 Å². The minimum Gasteiger partial charge on any atom is -0.446 e. The fourth-order valence-corrected chi connectivity index (χ4v) is 2.20. The van der Waals surface area contributed by atoms with Crippen molar-refractivity contribution < 1.29 is 9.53 Å². The molecule has 17 heavy (non-hydrogen) atoms. The van der Waals surface area contributed by atoms with Crippen LogP contribution in [0.2, 0.25) is 0 Å². The molecule has 1 amide bonds. The van der Waals surface area contributed by atoms with Gasteiger partial charge in [-0.2, -0.15) is 5.26 Å². The Morgan fingerprint density at radius 3 is 2.82 bits per heavy atom. The highest BCUT2D eigenvalue weighted by Gasteiger charge is 2.34. The quantitative estimate of drug-likeness (QED) is 0.846. The average Bonchev–Trinajstić information content (AvgIpc) is 2.22. The average molecular weight is 230 g/mol. The van der Waals surface area contributed by atoms with E-state index in [0.717, 1.165) is 24.0 Å². The summed E-state index contributed by atoms with van der Waals surface area (Å²) in [5.74, 6) is 0.300. The van der Waals surface area contributed by atoms with E-state index in [2.05, 4.69) is 6.07 Å². The summed E-state index contributed by atoms with van der Waals surface area (Å²) in [5, 5.41) is 9.03. The molecule has 4 heteroatoms. The van der Waals surface area contributed by atoms with Gasteiger partial charge in [0.1, 0.15) is 6.10 Å². The van der Waals surface area contributed by atoms with E-state index in [-0.39, 0.29) is 6.10 Å². The van der Waals surface area contributed by atoms with Crippen LogP contribution in [0.1, 0.15) is 35.4 Å². The van der Waals surface area contributed by atoms with Gasteiger partial charge in [0.05, 0.1) is 11.6 Å². The summed E-state index contributed by atoms with van der Waals surface area (Å²) in [6.45, 7) is 2.00. The fourth-order valence-electron chi connectivity index (χ4n) is 2.20. The summed E-state index contributed by atoms with van der Waals surface area (Å²) in [7, 11) is 0. The van der Waals surface area contributed by atoms with Crippen LogP contribution in [-0.4, -0.2) is 12.2 Å². The molecule has 1 aromatic carbocycles. The number of amides is 1. The SMILES string of the molecule is Cc1ccc(C#N)c(C2CC(OC(N)=O)C2)c1. The molecule has 0 atom stereocenters. The van der Waals surface area contributed by atoms with Crippen molar-refractivity contribution >= 4 is 6.09 Å². The van der Waals surface area contributed by atoms with Gasteiger partial charge in [-0.05, 0) is 37.3 Å². The molecule has 1 aliphatic carbocycles. The van der Waals surface area contributed by atoms with Crippen LogP contribution in [0.5, 0.6) is 0 Å². The molecule has 88 valence electrons. The second-order valence-corrected chi connectivity index (χ2v) is 4.43. The predicted octanol–water partition coefficient (Wildman–Crippen LogP) is 2.21. The first-order valence-corrected chi connectivity index (χ1v) is 5.57. The van der Waals surface area contributed by atoms with Gasteiger partial charge in [-0.15, -0.1) is 0 Å². The maximum Gasteiger partial charge on any atom is 0.404 e. The highest BCUT2D eigenvalue weighted by atomic mass is 16.6. The number of nitriles is 1. The molecule has 1 saturated carbocycles. The molecule has 0 aromatic heterocycles. The van der Waals surface area contributed by atoms with Crippen LogP contribution in [0.15, 0.2) is 18.2 Å². The zero-order valence-corrected chi connectivity index (χ0v) is 9.64. The third-order valence-electron chi connectivity index (χ3n) is 3.14. The second-order valence-electron chi connectivity index (χ2n) is 4.43. The number of nitrogens with zero attached hydrogens (tertiary/aromatic N) is 1. The highest BCUT2D eigenvalue weighted by Crippen LogP contribution is 2.40. The molecule has 4 nitrogen and oxygen atoms in total. The van der Waals surface area contributed by atoms with E-state index in [1.807, 2.05) is 25.1 Å². The molecular formula is C13H14N2O2. The summed E-state index contributed by atoms with van der Waals surface area (Å²) in [6, 6.07) is 8.00. The fraction of sp³-hybridized carbons (Fsp3) is 0.385. The first-order valence-electron chi connectivity index (χ1n) is 5.57. The summed E-state index contributed by atoms with van der Waals surface area (Å²) in [6.07, 6.45) is 0.685. The molecule has 1 aliphatic rings. The van der Waals surface area contributed by atoms with Crippen molar-refractivity contribution in [1.82, 2.24) is 0 Å². The highest BCUT2D eigenvalue weighted by molar-refractivity contribution is 5.65. The topological polar surface area (TPSA) is 76.1 Å². The number of benzene rings is 1. The number of primary amides is 1. The zero-order chi connectivity index (χ0) is 12.4. The third-order valence-corrected chi connectivity index (χ3v) is 3.14. The number of carbonyl (C=O) groups excluding carboxylic acids is 1. The van der Waals surface area contributed by atoms with Crippen LogP contribution < -0.4 is 5.73 Å². The summed E-state index contributed by atoms with van der Waals surface area (Å²) < 4.78 is 4.90. The van der Waals surface area contributed by atoms with Gasteiger partial charge in [-0.3, -0.25) is 0 Å².